The van der Waals surface area contributed by atoms with E-state index in [0.717, 1.165) is 4.90 Å². The molecule has 1 aliphatic heterocycles. The van der Waals surface area contributed by atoms with Gasteiger partial charge in [-0.3, -0.25) is 14.5 Å². The molecule has 0 saturated carbocycles. The maximum absolute atomic E-state index is 12.9. The number of carbonyl (C=O) groups is 3. The molecule has 1 aliphatic rings. The second kappa shape index (κ2) is 6.67. The third-order valence-corrected chi connectivity index (χ3v) is 4.32. The van der Waals surface area contributed by atoms with Crippen molar-refractivity contribution < 1.29 is 19.5 Å². The molecule has 1 aromatic carbocycles. The van der Waals surface area contributed by atoms with Gasteiger partial charge in [0.2, 0.25) is 11.8 Å². The smallest absolute Gasteiger partial charge is 0.408 e. The minimum atomic E-state index is -1.25. The standard InChI is InChI=1S/C18H22N4O4/c1-10-15(22(17(25)26)18(3,4)5)16(24)20-13-7-6-12(9-19)8-14(13)21(10)11(2)23/h6-8,10,15H,1-5H3,(H,20,24)(H,25,26)/t10-,15-/m0/s1. The van der Waals surface area contributed by atoms with Gasteiger partial charge in [-0.15, -0.1) is 0 Å². The third kappa shape index (κ3) is 3.33. The lowest BCUT2D eigenvalue weighted by Gasteiger charge is -2.42. The zero-order valence-electron chi connectivity index (χ0n) is 15.4. The quantitative estimate of drug-likeness (QED) is 0.800. The number of amides is 3. The average Bonchev–Trinajstić information content (AvgIpc) is 2.60. The van der Waals surface area contributed by atoms with Crippen molar-refractivity contribution in [2.24, 2.45) is 0 Å². The molecule has 26 heavy (non-hydrogen) atoms. The molecule has 0 aromatic heterocycles. The molecule has 0 spiro atoms. The Morgan fingerprint density at radius 2 is 1.96 bits per heavy atom. The Balaban J connectivity index is 2.67. The molecule has 0 unspecified atom stereocenters. The minimum absolute atomic E-state index is 0.334. The van der Waals surface area contributed by atoms with Crippen LogP contribution in [0.5, 0.6) is 0 Å². The van der Waals surface area contributed by atoms with Gasteiger partial charge in [0.05, 0.1) is 29.0 Å². The zero-order valence-corrected chi connectivity index (χ0v) is 15.4. The molecule has 8 nitrogen and oxygen atoms in total. The van der Waals surface area contributed by atoms with Crippen molar-refractivity contribution >= 4 is 29.3 Å². The molecule has 0 bridgehead atoms. The molecule has 2 N–H and O–H groups in total. The number of fused-ring (bicyclic) bond motifs is 1. The van der Waals surface area contributed by atoms with Crippen LogP contribution in [0.2, 0.25) is 0 Å². The van der Waals surface area contributed by atoms with Crippen LogP contribution in [-0.2, 0) is 9.59 Å². The van der Waals surface area contributed by atoms with Gasteiger partial charge in [-0.05, 0) is 45.9 Å². The largest absolute Gasteiger partial charge is 0.465 e. The van der Waals surface area contributed by atoms with Gasteiger partial charge in [0, 0.05) is 12.5 Å². The summed E-state index contributed by atoms with van der Waals surface area (Å²) in [6, 6.07) is 4.70. The molecule has 0 saturated heterocycles. The SMILES string of the molecule is CC(=O)N1c2cc(C#N)ccc2NC(=O)[C@@H](N(C(=O)O)C(C)(C)C)[C@@H]1C. The van der Waals surface area contributed by atoms with E-state index in [9.17, 15) is 19.5 Å². The number of rotatable bonds is 1. The Morgan fingerprint density at radius 1 is 1.35 bits per heavy atom. The van der Waals surface area contributed by atoms with Crippen LogP contribution < -0.4 is 10.2 Å². The van der Waals surface area contributed by atoms with Gasteiger partial charge < -0.3 is 15.3 Å². The number of hydrogen-bond acceptors (Lipinski definition) is 4. The second-order valence-corrected chi connectivity index (χ2v) is 7.23. The molecule has 0 aliphatic carbocycles. The molecule has 138 valence electrons. The lowest BCUT2D eigenvalue weighted by Crippen LogP contribution is -2.62. The summed E-state index contributed by atoms with van der Waals surface area (Å²) >= 11 is 0. The summed E-state index contributed by atoms with van der Waals surface area (Å²) in [5, 5.41) is 21.6. The van der Waals surface area contributed by atoms with Gasteiger partial charge in [0.1, 0.15) is 6.04 Å². The summed E-state index contributed by atoms with van der Waals surface area (Å²) in [6.07, 6.45) is -1.25. The Bertz CT molecular complexity index is 806. The fourth-order valence-corrected chi connectivity index (χ4v) is 3.31. The van der Waals surface area contributed by atoms with Crippen LogP contribution in [0.4, 0.5) is 16.2 Å². The highest BCUT2D eigenvalue weighted by Crippen LogP contribution is 2.35. The summed E-state index contributed by atoms with van der Waals surface area (Å²) in [4.78, 5) is 39.6. The number of nitriles is 1. The van der Waals surface area contributed by atoms with E-state index in [4.69, 9.17) is 5.26 Å². The molecule has 2 atom stereocenters. The van der Waals surface area contributed by atoms with Crippen molar-refractivity contribution in [3.8, 4) is 6.07 Å². The molecule has 0 radical (unpaired) electrons. The van der Waals surface area contributed by atoms with Crippen LogP contribution >= 0.6 is 0 Å². The van der Waals surface area contributed by atoms with Crippen molar-refractivity contribution in [2.75, 3.05) is 10.2 Å². The number of nitrogens with zero attached hydrogens (tertiary/aromatic N) is 3. The Labute approximate surface area is 152 Å². The lowest BCUT2D eigenvalue weighted by atomic mass is 9.98. The van der Waals surface area contributed by atoms with Gasteiger partial charge in [-0.1, -0.05) is 0 Å². The van der Waals surface area contributed by atoms with Gasteiger partial charge in [0.15, 0.2) is 0 Å². The number of benzene rings is 1. The zero-order chi connectivity index (χ0) is 19.8. The van der Waals surface area contributed by atoms with Gasteiger partial charge in [0.25, 0.3) is 0 Å². The maximum Gasteiger partial charge on any atom is 0.408 e. The number of carbonyl (C=O) groups excluding carboxylic acids is 2. The molecule has 8 heteroatoms. The van der Waals surface area contributed by atoms with E-state index >= 15 is 0 Å². The summed E-state index contributed by atoms with van der Waals surface area (Å²) in [6.45, 7) is 8.02. The number of hydrogen-bond donors (Lipinski definition) is 2. The fourth-order valence-electron chi connectivity index (χ4n) is 3.31. The molecule has 0 fully saturated rings. The molecule has 2 rings (SSSR count). The predicted molar refractivity (Wildman–Crippen MR) is 95.8 cm³/mol. The molecule has 1 heterocycles. The normalized spacial score (nSPS) is 19.7. The van der Waals surface area contributed by atoms with Crippen LogP contribution in [0.25, 0.3) is 0 Å². The topological polar surface area (TPSA) is 114 Å². The van der Waals surface area contributed by atoms with Crippen molar-refractivity contribution in [2.45, 2.75) is 52.2 Å². The highest BCUT2D eigenvalue weighted by atomic mass is 16.4. The van der Waals surface area contributed by atoms with E-state index in [-0.39, 0.29) is 5.91 Å². The second-order valence-electron chi connectivity index (χ2n) is 7.23. The fraction of sp³-hybridized carbons (Fsp3) is 0.444. The van der Waals surface area contributed by atoms with Crippen LogP contribution in [0.1, 0.15) is 40.2 Å². The van der Waals surface area contributed by atoms with Crippen LogP contribution in [0.15, 0.2) is 18.2 Å². The first-order valence-electron chi connectivity index (χ1n) is 8.16. The Morgan fingerprint density at radius 3 is 2.42 bits per heavy atom. The monoisotopic (exact) mass is 358 g/mol. The first-order valence-corrected chi connectivity index (χ1v) is 8.16. The molecule has 1 aromatic rings. The van der Waals surface area contributed by atoms with Crippen LogP contribution in [0.3, 0.4) is 0 Å². The first kappa shape index (κ1) is 19.2. The summed E-state index contributed by atoms with van der Waals surface area (Å²) < 4.78 is 0. The number of carboxylic acid groups (broad SMARTS) is 1. The van der Waals surface area contributed by atoms with Crippen molar-refractivity contribution in [1.82, 2.24) is 4.90 Å². The van der Waals surface area contributed by atoms with Crippen LogP contribution in [-0.4, -0.2) is 45.5 Å². The van der Waals surface area contributed by atoms with E-state index in [2.05, 4.69) is 5.32 Å². The highest BCUT2D eigenvalue weighted by Gasteiger charge is 2.45. The molecular formula is C18H22N4O4. The summed E-state index contributed by atoms with van der Waals surface area (Å²) in [7, 11) is 0. The minimum Gasteiger partial charge on any atom is -0.465 e. The Kier molecular flexibility index (Phi) is 4.94. The first-order chi connectivity index (χ1) is 12.0. The van der Waals surface area contributed by atoms with Crippen LogP contribution in [0, 0.1) is 11.3 Å². The number of nitrogens with one attached hydrogen (secondary N) is 1. The van der Waals surface area contributed by atoms with Gasteiger partial charge in [-0.2, -0.15) is 5.26 Å². The Hall–Kier alpha value is -3.08. The van der Waals surface area contributed by atoms with Crippen molar-refractivity contribution in [3.63, 3.8) is 0 Å². The molecule has 3 amide bonds. The van der Waals surface area contributed by atoms with Crippen molar-refractivity contribution in [3.05, 3.63) is 23.8 Å². The summed E-state index contributed by atoms with van der Waals surface area (Å²) in [5.74, 6) is -0.876. The van der Waals surface area contributed by atoms with E-state index in [1.54, 1.807) is 33.8 Å². The summed E-state index contributed by atoms with van der Waals surface area (Å²) in [5.41, 5.74) is 0.205. The lowest BCUT2D eigenvalue weighted by molar-refractivity contribution is -0.123. The van der Waals surface area contributed by atoms with Gasteiger partial charge in [-0.25, -0.2) is 4.79 Å². The predicted octanol–water partition coefficient (Wildman–Crippen LogP) is 2.40. The maximum atomic E-state index is 12.9. The van der Waals surface area contributed by atoms with E-state index in [1.165, 1.54) is 24.0 Å². The number of anilines is 2. The molecular weight excluding hydrogens is 336 g/mol. The highest BCUT2D eigenvalue weighted by molar-refractivity contribution is 6.07. The van der Waals surface area contributed by atoms with E-state index in [1.807, 2.05) is 6.07 Å². The average molecular weight is 358 g/mol. The van der Waals surface area contributed by atoms with E-state index in [0.29, 0.717) is 16.9 Å². The van der Waals surface area contributed by atoms with Gasteiger partial charge >= 0.3 is 6.09 Å². The van der Waals surface area contributed by atoms with E-state index < -0.39 is 29.6 Å². The third-order valence-electron chi connectivity index (χ3n) is 4.32. The van der Waals surface area contributed by atoms with Crippen molar-refractivity contribution in [1.29, 1.82) is 5.26 Å².